The van der Waals surface area contributed by atoms with Crippen molar-refractivity contribution in [1.82, 2.24) is 0 Å². The van der Waals surface area contributed by atoms with Crippen LogP contribution in [0.1, 0.15) is 15.9 Å². The van der Waals surface area contributed by atoms with E-state index in [2.05, 4.69) is 31.9 Å². The number of thiophene rings is 2. The fourth-order valence-electron chi connectivity index (χ4n) is 2.77. The highest BCUT2D eigenvalue weighted by Crippen LogP contribution is 2.36. The number of carbonyl (C=O) groups is 1. The van der Waals surface area contributed by atoms with Gasteiger partial charge in [0.05, 0.1) is 0 Å². The van der Waals surface area contributed by atoms with Crippen LogP contribution in [-0.2, 0) is 0 Å². The molecule has 0 radical (unpaired) electrons. The molecule has 0 aliphatic rings. The lowest BCUT2D eigenvalue weighted by molar-refractivity contribution is 0.104. The van der Waals surface area contributed by atoms with Gasteiger partial charge in [-0.25, -0.2) is 0 Å². The van der Waals surface area contributed by atoms with Gasteiger partial charge < -0.3 is 0 Å². The molecule has 0 spiro atoms. The molecule has 2 heterocycles. The lowest BCUT2D eigenvalue weighted by Crippen LogP contribution is -2.01. The molecule has 0 atom stereocenters. The molecule has 26 heavy (non-hydrogen) atoms. The molecule has 0 bridgehead atoms. The second-order valence-corrected chi connectivity index (χ2v) is 9.33. The largest absolute Gasteiger partial charge is 0.289 e. The van der Waals surface area contributed by atoms with Crippen LogP contribution in [0, 0.1) is 0 Å². The molecule has 4 rings (SSSR count). The number of hydrogen-bond acceptors (Lipinski definition) is 3. The van der Waals surface area contributed by atoms with Crippen LogP contribution in [0.4, 0.5) is 0 Å². The molecular weight excluding hydrogens is 492 g/mol. The van der Waals surface area contributed by atoms with E-state index in [9.17, 15) is 4.79 Å². The van der Waals surface area contributed by atoms with Crippen molar-refractivity contribution >= 4 is 60.3 Å². The third kappa shape index (κ3) is 3.49. The summed E-state index contributed by atoms with van der Waals surface area (Å²) in [4.78, 5) is 15.3. The van der Waals surface area contributed by atoms with Gasteiger partial charge in [-0.2, -0.15) is 0 Å². The minimum atomic E-state index is 0.0725. The summed E-state index contributed by atoms with van der Waals surface area (Å²) in [5, 5.41) is 3.96. The Morgan fingerprint density at radius 1 is 0.615 bits per heavy atom. The van der Waals surface area contributed by atoms with E-state index in [0.29, 0.717) is 0 Å². The Morgan fingerprint density at radius 2 is 1.00 bits per heavy atom. The average Bonchev–Trinajstić information content (AvgIpc) is 3.32. The Labute approximate surface area is 176 Å². The minimum Gasteiger partial charge on any atom is -0.289 e. The molecule has 0 N–H and O–H groups in total. The lowest BCUT2D eigenvalue weighted by Gasteiger charge is -2.06. The van der Waals surface area contributed by atoms with Gasteiger partial charge in [-0.15, -0.1) is 22.7 Å². The highest BCUT2D eigenvalue weighted by atomic mass is 79.9. The smallest absolute Gasteiger partial charge is 0.195 e. The van der Waals surface area contributed by atoms with Crippen molar-refractivity contribution < 1.29 is 4.79 Å². The fraction of sp³-hybridized carbons (Fsp3) is 0. The zero-order chi connectivity index (χ0) is 18.1. The zero-order valence-corrected chi connectivity index (χ0v) is 18.2. The highest BCUT2D eigenvalue weighted by molar-refractivity contribution is 9.10. The Hall–Kier alpha value is -1.53. The number of hydrogen-bond donors (Lipinski definition) is 0. The summed E-state index contributed by atoms with van der Waals surface area (Å²) in [5.41, 5.74) is 3.64. The van der Waals surface area contributed by atoms with Crippen molar-refractivity contribution in [3.63, 3.8) is 0 Å². The van der Waals surface area contributed by atoms with E-state index in [0.717, 1.165) is 41.0 Å². The van der Waals surface area contributed by atoms with Crippen LogP contribution >= 0.6 is 54.5 Å². The summed E-state index contributed by atoms with van der Waals surface area (Å²) in [5.74, 6) is 0.0725. The third-order valence-electron chi connectivity index (χ3n) is 4.03. The van der Waals surface area contributed by atoms with Crippen LogP contribution < -0.4 is 0 Å². The Morgan fingerprint density at radius 3 is 1.38 bits per heavy atom. The van der Waals surface area contributed by atoms with Crippen LogP contribution in [0.2, 0.25) is 0 Å². The number of benzene rings is 2. The van der Waals surface area contributed by atoms with Crippen molar-refractivity contribution in [2.24, 2.45) is 0 Å². The maximum absolute atomic E-state index is 13.3. The maximum atomic E-state index is 13.3. The van der Waals surface area contributed by atoms with E-state index in [1.807, 2.05) is 71.4 Å². The zero-order valence-electron chi connectivity index (χ0n) is 13.4. The van der Waals surface area contributed by atoms with Gasteiger partial charge in [-0.3, -0.25) is 4.79 Å². The van der Waals surface area contributed by atoms with Gasteiger partial charge in [0.2, 0.25) is 0 Å². The number of carbonyl (C=O) groups excluding carboxylic acids is 1. The van der Waals surface area contributed by atoms with Gasteiger partial charge in [-0.1, -0.05) is 56.1 Å². The van der Waals surface area contributed by atoms with E-state index in [-0.39, 0.29) is 5.78 Å². The number of rotatable bonds is 4. The van der Waals surface area contributed by atoms with E-state index in [1.54, 1.807) is 22.7 Å². The first kappa shape index (κ1) is 17.9. The van der Waals surface area contributed by atoms with Crippen molar-refractivity contribution in [3.8, 4) is 20.9 Å². The molecule has 0 fully saturated rings. The van der Waals surface area contributed by atoms with E-state index in [1.165, 1.54) is 0 Å². The van der Waals surface area contributed by atoms with Crippen LogP contribution in [0.5, 0.6) is 0 Å². The molecule has 0 unspecified atom stereocenters. The predicted molar refractivity (Wildman–Crippen MR) is 118 cm³/mol. The van der Waals surface area contributed by atoms with Gasteiger partial charge in [0.15, 0.2) is 5.78 Å². The maximum Gasteiger partial charge on any atom is 0.195 e. The standard InChI is InChI=1S/C21H12Br2OS2/c22-15-5-1-13(2-6-15)20-17(9-11-25-20)19(24)18-10-12-26-21(18)14-3-7-16(23)8-4-14/h1-12H. The summed E-state index contributed by atoms with van der Waals surface area (Å²) in [6, 6.07) is 20.0. The molecule has 0 saturated carbocycles. The van der Waals surface area contributed by atoms with Gasteiger partial charge in [0.25, 0.3) is 0 Å². The molecule has 4 aromatic rings. The van der Waals surface area contributed by atoms with Crippen molar-refractivity contribution in [1.29, 1.82) is 0 Å². The SMILES string of the molecule is O=C(c1ccsc1-c1ccc(Br)cc1)c1ccsc1-c1ccc(Br)cc1. The van der Waals surface area contributed by atoms with Crippen LogP contribution in [0.3, 0.4) is 0 Å². The average molecular weight is 504 g/mol. The second-order valence-electron chi connectivity index (χ2n) is 5.67. The monoisotopic (exact) mass is 502 g/mol. The molecular formula is C21H12Br2OS2. The molecule has 0 amide bonds. The molecule has 5 heteroatoms. The lowest BCUT2D eigenvalue weighted by atomic mass is 9.99. The first-order chi connectivity index (χ1) is 12.6. The Kier molecular flexibility index (Phi) is 5.23. The summed E-state index contributed by atoms with van der Waals surface area (Å²) >= 11 is 10.1. The van der Waals surface area contributed by atoms with Crippen molar-refractivity contribution in [3.05, 3.63) is 91.5 Å². The summed E-state index contributed by atoms with van der Waals surface area (Å²) in [6.45, 7) is 0. The van der Waals surface area contributed by atoms with Crippen LogP contribution in [0.25, 0.3) is 20.9 Å². The molecule has 2 aromatic carbocycles. The van der Waals surface area contributed by atoms with Crippen LogP contribution in [0.15, 0.2) is 80.4 Å². The summed E-state index contributed by atoms with van der Waals surface area (Å²) in [7, 11) is 0. The first-order valence-corrected chi connectivity index (χ1v) is 11.2. The molecule has 0 aliphatic carbocycles. The second kappa shape index (κ2) is 7.61. The normalized spacial score (nSPS) is 10.8. The van der Waals surface area contributed by atoms with E-state index >= 15 is 0 Å². The van der Waals surface area contributed by atoms with E-state index < -0.39 is 0 Å². The molecule has 2 aromatic heterocycles. The summed E-state index contributed by atoms with van der Waals surface area (Å²) < 4.78 is 2.06. The highest BCUT2D eigenvalue weighted by Gasteiger charge is 2.20. The van der Waals surface area contributed by atoms with Gasteiger partial charge in [0.1, 0.15) is 0 Å². The molecule has 128 valence electrons. The fourth-order valence-corrected chi connectivity index (χ4v) is 5.10. The van der Waals surface area contributed by atoms with Gasteiger partial charge >= 0.3 is 0 Å². The molecule has 1 nitrogen and oxygen atoms in total. The summed E-state index contributed by atoms with van der Waals surface area (Å²) in [6.07, 6.45) is 0. The number of ketones is 1. The molecule has 0 saturated heterocycles. The Bertz CT molecular complexity index is 974. The minimum absolute atomic E-state index is 0.0725. The Balaban J connectivity index is 1.75. The topological polar surface area (TPSA) is 17.1 Å². The first-order valence-electron chi connectivity index (χ1n) is 7.85. The van der Waals surface area contributed by atoms with Crippen molar-refractivity contribution in [2.75, 3.05) is 0 Å². The van der Waals surface area contributed by atoms with Gasteiger partial charge in [0, 0.05) is 29.8 Å². The van der Waals surface area contributed by atoms with Crippen molar-refractivity contribution in [2.45, 2.75) is 0 Å². The van der Waals surface area contributed by atoms with E-state index in [4.69, 9.17) is 0 Å². The number of halogens is 2. The quantitative estimate of drug-likeness (QED) is 0.258. The van der Waals surface area contributed by atoms with Crippen LogP contribution in [-0.4, -0.2) is 5.78 Å². The van der Waals surface area contributed by atoms with Gasteiger partial charge in [-0.05, 0) is 58.3 Å². The molecule has 0 aliphatic heterocycles. The third-order valence-corrected chi connectivity index (χ3v) is 7.02. The predicted octanol–water partition coefficient (Wildman–Crippen LogP) is 7.90.